The molecule has 0 bridgehead atoms. The Morgan fingerprint density at radius 1 is 1.22 bits per heavy atom. The van der Waals surface area contributed by atoms with Crippen LogP contribution in [0, 0.1) is 6.92 Å². The number of aromatic nitrogens is 2. The lowest BCUT2D eigenvalue weighted by Crippen LogP contribution is -2.11. The summed E-state index contributed by atoms with van der Waals surface area (Å²) >= 11 is 1.32. The summed E-state index contributed by atoms with van der Waals surface area (Å²) in [6.45, 7) is 1.90. The van der Waals surface area contributed by atoms with E-state index in [-0.39, 0.29) is 6.04 Å². The van der Waals surface area contributed by atoms with E-state index in [0.717, 1.165) is 16.1 Å². The molecule has 0 radical (unpaired) electrons. The predicted octanol–water partition coefficient (Wildman–Crippen LogP) is 1.91. The lowest BCUT2D eigenvalue weighted by Gasteiger charge is -2.13. The molecule has 1 atom stereocenters. The molecule has 0 aliphatic heterocycles. The maximum atomic E-state index is 6.21. The fourth-order valence-electron chi connectivity index (χ4n) is 1.72. The van der Waals surface area contributed by atoms with Crippen molar-refractivity contribution in [2.24, 2.45) is 5.73 Å². The summed E-state index contributed by atoms with van der Waals surface area (Å²) in [5.41, 5.74) is 8.02. The summed E-state index contributed by atoms with van der Waals surface area (Å²) in [6, 6.07) is 5.40. The first-order chi connectivity index (χ1) is 8.67. The Kier molecular flexibility index (Phi) is 3.78. The summed E-state index contributed by atoms with van der Waals surface area (Å²) in [6.07, 6.45) is 0. The zero-order valence-electron chi connectivity index (χ0n) is 10.5. The van der Waals surface area contributed by atoms with Gasteiger partial charge in [-0.1, -0.05) is 10.6 Å². The predicted molar refractivity (Wildman–Crippen MR) is 70.2 cm³/mol. The van der Waals surface area contributed by atoms with E-state index in [1.54, 1.807) is 14.2 Å². The van der Waals surface area contributed by atoms with Gasteiger partial charge < -0.3 is 15.2 Å². The van der Waals surface area contributed by atoms with Crippen molar-refractivity contribution >= 4 is 11.5 Å². The number of aryl methyl sites for hydroxylation is 1. The van der Waals surface area contributed by atoms with Crippen LogP contribution in [0.4, 0.5) is 0 Å². The molecule has 2 rings (SSSR count). The highest BCUT2D eigenvalue weighted by Crippen LogP contribution is 2.32. The zero-order valence-corrected chi connectivity index (χ0v) is 11.3. The summed E-state index contributed by atoms with van der Waals surface area (Å²) in [4.78, 5) is 0.960. The van der Waals surface area contributed by atoms with Crippen LogP contribution in [0.5, 0.6) is 11.5 Å². The molecule has 96 valence electrons. The highest BCUT2D eigenvalue weighted by atomic mass is 32.1. The molecule has 5 nitrogen and oxygen atoms in total. The SMILES string of the molecule is COc1ccc(C(N)c2snnc2C)cc1OC. The Morgan fingerprint density at radius 3 is 2.50 bits per heavy atom. The molecule has 0 aliphatic carbocycles. The monoisotopic (exact) mass is 265 g/mol. The van der Waals surface area contributed by atoms with Crippen molar-refractivity contribution < 1.29 is 9.47 Å². The second-order valence-electron chi connectivity index (χ2n) is 3.81. The van der Waals surface area contributed by atoms with Gasteiger partial charge in [-0.2, -0.15) is 0 Å². The number of benzene rings is 1. The molecule has 1 heterocycles. The van der Waals surface area contributed by atoms with Gasteiger partial charge in [0.1, 0.15) is 0 Å². The molecule has 0 saturated carbocycles. The number of hydrogen-bond donors (Lipinski definition) is 1. The summed E-state index contributed by atoms with van der Waals surface area (Å²) < 4.78 is 14.4. The van der Waals surface area contributed by atoms with E-state index >= 15 is 0 Å². The number of hydrogen-bond acceptors (Lipinski definition) is 6. The molecule has 1 unspecified atom stereocenters. The van der Waals surface area contributed by atoms with E-state index in [1.165, 1.54) is 11.5 Å². The van der Waals surface area contributed by atoms with Gasteiger partial charge in [0.05, 0.1) is 30.8 Å². The van der Waals surface area contributed by atoms with Crippen molar-refractivity contribution in [3.05, 3.63) is 34.3 Å². The van der Waals surface area contributed by atoms with Gasteiger partial charge in [-0.25, -0.2) is 0 Å². The highest BCUT2D eigenvalue weighted by Gasteiger charge is 2.16. The molecule has 0 amide bonds. The summed E-state index contributed by atoms with van der Waals surface area (Å²) in [7, 11) is 3.21. The van der Waals surface area contributed by atoms with Gasteiger partial charge in [-0.05, 0) is 36.2 Å². The number of rotatable bonds is 4. The van der Waals surface area contributed by atoms with Crippen molar-refractivity contribution in [2.45, 2.75) is 13.0 Å². The topological polar surface area (TPSA) is 70.3 Å². The van der Waals surface area contributed by atoms with Gasteiger partial charge in [0.15, 0.2) is 11.5 Å². The Morgan fingerprint density at radius 2 is 1.94 bits per heavy atom. The van der Waals surface area contributed by atoms with Gasteiger partial charge in [-0.15, -0.1) is 5.10 Å². The van der Waals surface area contributed by atoms with Gasteiger partial charge in [-0.3, -0.25) is 0 Å². The van der Waals surface area contributed by atoms with Crippen LogP contribution < -0.4 is 15.2 Å². The third-order valence-electron chi connectivity index (χ3n) is 2.74. The largest absolute Gasteiger partial charge is 0.493 e. The number of nitrogens with zero attached hydrogens (tertiary/aromatic N) is 2. The maximum Gasteiger partial charge on any atom is 0.161 e. The van der Waals surface area contributed by atoms with Crippen LogP contribution in [0.25, 0.3) is 0 Å². The number of nitrogens with two attached hydrogens (primary N) is 1. The van der Waals surface area contributed by atoms with Crippen molar-refractivity contribution in [3.8, 4) is 11.5 Å². The maximum absolute atomic E-state index is 6.21. The smallest absolute Gasteiger partial charge is 0.161 e. The van der Waals surface area contributed by atoms with Crippen LogP contribution in [0.2, 0.25) is 0 Å². The molecule has 2 aromatic rings. The van der Waals surface area contributed by atoms with Crippen molar-refractivity contribution in [2.75, 3.05) is 14.2 Å². The standard InChI is InChI=1S/C12H15N3O2S/c1-7-12(18-15-14-7)11(13)8-4-5-9(16-2)10(6-8)17-3/h4-6,11H,13H2,1-3H3. The van der Waals surface area contributed by atoms with Gasteiger partial charge >= 0.3 is 0 Å². The van der Waals surface area contributed by atoms with Crippen molar-refractivity contribution in [3.63, 3.8) is 0 Å². The second-order valence-corrected chi connectivity index (χ2v) is 4.60. The first-order valence-electron chi connectivity index (χ1n) is 5.43. The Labute approximate surface area is 110 Å². The Hall–Kier alpha value is -1.66. The van der Waals surface area contributed by atoms with Gasteiger partial charge in [0.2, 0.25) is 0 Å². The molecule has 0 saturated heterocycles. The van der Waals surface area contributed by atoms with E-state index in [2.05, 4.69) is 9.59 Å². The third kappa shape index (κ3) is 2.30. The highest BCUT2D eigenvalue weighted by molar-refractivity contribution is 7.05. The third-order valence-corrected chi connectivity index (χ3v) is 3.65. The van der Waals surface area contributed by atoms with E-state index in [0.29, 0.717) is 11.5 Å². The van der Waals surface area contributed by atoms with Crippen LogP contribution in [0.15, 0.2) is 18.2 Å². The quantitative estimate of drug-likeness (QED) is 0.914. The minimum absolute atomic E-state index is 0.246. The van der Waals surface area contributed by atoms with Crippen LogP contribution in [0.3, 0.4) is 0 Å². The van der Waals surface area contributed by atoms with Crippen molar-refractivity contribution in [1.82, 2.24) is 9.59 Å². The van der Waals surface area contributed by atoms with Gasteiger partial charge in [0.25, 0.3) is 0 Å². The molecule has 6 heteroatoms. The summed E-state index contributed by atoms with van der Waals surface area (Å²) in [5, 5.41) is 3.97. The average molecular weight is 265 g/mol. The average Bonchev–Trinajstić information content (AvgIpc) is 2.83. The van der Waals surface area contributed by atoms with Crippen LogP contribution in [-0.2, 0) is 0 Å². The first kappa shape index (κ1) is 12.8. The van der Waals surface area contributed by atoms with E-state index in [4.69, 9.17) is 15.2 Å². The Bertz CT molecular complexity index is 542. The molecule has 18 heavy (non-hydrogen) atoms. The Balaban J connectivity index is 2.37. The zero-order chi connectivity index (χ0) is 13.1. The summed E-state index contributed by atoms with van der Waals surface area (Å²) in [5.74, 6) is 1.35. The normalized spacial score (nSPS) is 12.2. The molecule has 1 aromatic carbocycles. The lowest BCUT2D eigenvalue weighted by molar-refractivity contribution is 0.354. The minimum atomic E-state index is -0.246. The molecule has 0 fully saturated rings. The molecule has 0 aliphatic rings. The second kappa shape index (κ2) is 5.32. The van der Waals surface area contributed by atoms with Gasteiger partial charge in [0, 0.05) is 0 Å². The molecule has 2 N–H and O–H groups in total. The van der Waals surface area contributed by atoms with Crippen LogP contribution in [0.1, 0.15) is 22.2 Å². The van der Waals surface area contributed by atoms with Crippen LogP contribution >= 0.6 is 11.5 Å². The fraction of sp³-hybridized carbons (Fsp3) is 0.333. The molecule has 0 spiro atoms. The van der Waals surface area contributed by atoms with Crippen LogP contribution in [-0.4, -0.2) is 23.8 Å². The molecule has 1 aromatic heterocycles. The van der Waals surface area contributed by atoms with E-state index in [9.17, 15) is 0 Å². The number of methoxy groups -OCH3 is 2. The fourth-order valence-corrected chi connectivity index (χ4v) is 2.39. The van der Waals surface area contributed by atoms with E-state index in [1.807, 2.05) is 25.1 Å². The van der Waals surface area contributed by atoms with E-state index < -0.39 is 0 Å². The molecular formula is C12H15N3O2S. The lowest BCUT2D eigenvalue weighted by atomic mass is 10.0. The van der Waals surface area contributed by atoms with Crippen molar-refractivity contribution in [1.29, 1.82) is 0 Å². The number of ether oxygens (including phenoxy) is 2. The molecular weight excluding hydrogens is 250 g/mol. The minimum Gasteiger partial charge on any atom is -0.493 e. The first-order valence-corrected chi connectivity index (χ1v) is 6.21.